The van der Waals surface area contributed by atoms with Crippen molar-refractivity contribution in [3.8, 4) is 6.07 Å². The van der Waals surface area contributed by atoms with Crippen LogP contribution in [0.1, 0.15) is 12.8 Å². The van der Waals surface area contributed by atoms with Crippen LogP contribution in [0.4, 0.5) is 5.69 Å². The van der Waals surface area contributed by atoms with Crippen molar-refractivity contribution in [2.45, 2.75) is 24.5 Å². The van der Waals surface area contributed by atoms with Crippen molar-refractivity contribution in [3.63, 3.8) is 0 Å². The average molecular weight is 281 g/mol. The Morgan fingerprint density at radius 2 is 2.06 bits per heavy atom. The van der Waals surface area contributed by atoms with Crippen molar-refractivity contribution in [2.24, 2.45) is 0 Å². The summed E-state index contributed by atoms with van der Waals surface area (Å²) in [6, 6.07) is 10.2. The molecule has 1 aromatic carbocycles. The zero-order chi connectivity index (χ0) is 11.6. The van der Waals surface area contributed by atoms with E-state index >= 15 is 0 Å². The molecule has 0 spiro atoms. The van der Waals surface area contributed by atoms with Crippen LogP contribution in [0.3, 0.4) is 0 Å². The second-order valence-corrected chi connectivity index (χ2v) is 5.01. The minimum Gasteiger partial charge on any atom is -0.381 e. The fraction of sp³-hybridized carbons (Fsp3) is 0.417. The Labute approximate surface area is 104 Å². The number of nitriles is 1. The van der Waals surface area contributed by atoms with Crippen molar-refractivity contribution in [2.75, 3.05) is 12.4 Å². The largest absolute Gasteiger partial charge is 0.381 e. The molecule has 4 heteroatoms. The second kappa shape index (κ2) is 4.44. The van der Waals surface area contributed by atoms with Gasteiger partial charge in [-0.3, -0.25) is 0 Å². The van der Waals surface area contributed by atoms with E-state index in [1.54, 1.807) is 7.11 Å². The van der Waals surface area contributed by atoms with Crippen molar-refractivity contribution in [3.05, 3.63) is 28.7 Å². The van der Waals surface area contributed by atoms with Gasteiger partial charge in [0.2, 0.25) is 0 Å². The van der Waals surface area contributed by atoms with E-state index in [1.165, 1.54) is 0 Å². The highest BCUT2D eigenvalue weighted by molar-refractivity contribution is 9.10. The number of hydrogen-bond acceptors (Lipinski definition) is 3. The van der Waals surface area contributed by atoms with Crippen LogP contribution < -0.4 is 5.32 Å². The number of benzene rings is 1. The topological polar surface area (TPSA) is 45.0 Å². The maximum absolute atomic E-state index is 9.19. The number of halogens is 1. The Kier molecular flexibility index (Phi) is 3.17. The third kappa shape index (κ3) is 2.21. The van der Waals surface area contributed by atoms with Crippen LogP contribution in [-0.4, -0.2) is 18.8 Å². The van der Waals surface area contributed by atoms with Gasteiger partial charge in [0.15, 0.2) is 0 Å². The zero-order valence-electron chi connectivity index (χ0n) is 9.03. The number of hydrogen-bond donors (Lipinski definition) is 1. The maximum Gasteiger partial charge on any atom is 0.130 e. The number of methoxy groups -OCH3 is 1. The molecule has 0 aliphatic heterocycles. The first kappa shape index (κ1) is 11.4. The van der Waals surface area contributed by atoms with Gasteiger partial charge in [-0.05, 0) is 24.3 Å². The van der Waals surface area contributed by atoms with Gasteiger partial charge in [-0.15, -0.1) is 0 Å². The van der Waals surface area contributed by atoms with E-state index < -0.39 is 5.54 Å². The van der Waals surface area contributed by atoms with E-state index in [-0.39, 0.29) is 6.10 Å². The van der Waals surface area contributed by atoms with E-state index in [0.717, 1.165) is 23.0 Å². The van der Waals surface area contributed by atoms with Crippen LogP contribution in [-0.2, 0) is 4.74 Å². The van der Waals surface area contributed by atoms with Gasteiger partial charge in [-0.2, -0.15) is 5.26 Å². The molecule has 1 fully saturated rings. The molecule has 0 heterocycles. The highest BCUT2D eigenvalue weighted by Gasteiger charge is 2.45. The summed E-state index contributed by atoms with van der Waals surface area (Å²) in [6.45, 7) is 0. The molecule has 16 heavy (non-hydrogen) atoms. The van der Waals surface area contributed by atoms with Crippen LogP contribution >= 0.6 is 15.9 Å². The van der Waals surface area contributed by atoms with Crippen molar-refractivity contribution in [1.29, 1.82) is 5.26 Å². The summed E-state index contributed by atoms with van der Waals surface area (Å²) in [6.07, 6.45) is 1.70. The predicted octanol–water partition coefficient (Wildman–Crippen LogP) is 2.93. The minimum atomic E-state index is -0.450. The Balaban J connectivity index is 2.04. The lowest BCUT2D eigenvalue weighted by Gasteiger charge is -2.42. The van der Waals surface area contributed by atoms with E-state index in [9.17, 15) is 5.26 Å². The standard InChI is InChI=1S/C12H13BrN2O/c1-16-11-6-12(7-11,8-14)15-10-4-2-9(13)3-5-10/h2-5,11,15H,6-7H2,1H3. The summed E-state index contributed by atoms with van der Waals surface area (Å²) >= 11 is 3.38. The van der Waals surface area contributed by atoms with Gasteiger partial charge in [0.1, 0.15) is 5.54 Å². The van der Waals surface area contributed by atoms with Gasteiger partial charge >= 0.3 is 0 Å². The molecule has 0 atom stereocenters. The smallest absolute Gasteiger partial charge is 0.130 e. The lowest BCUT2D eigenvalue weighted by Crippen LogP contribution is -2.52. The molecule has 0 saturated heterocycles. The van der Waals surface area contributed by atoms with Gasteiger partial charge < -0.3 is 10.1 Å². The number of rotatable bonds is 3. The Morgan fingerprint density at radius 1 is 1.44 bits per heavy atom. The lowest BCUT2D eigenvalue weighted by atomic mass is 9.75. The molecule has 1 aliphatic rings. The molecule has 2 rings (SSSR count). The second-order valence-electron chi connectivity index (χ2n) is 4.09. The average Bonchev–Trinajstić information content (AvgIpc) is 2.26. The van der Waals surface area contributed by atoms with E-state index in [4.69, 9.17) is 4.74 Å². The summed E-state index contributed by atoms with van der Waals surface area (Å²) in [5.41, 5.74) is 0.522. The molecule has 3 nitrogen and oxygen atoms in total. The summed E-state index contributed by atoms with van der Waals surface area (Å²) in [5.74, 6) is 0. The highest BCUT2D eigenvalue weighted by Crippen LogP contribution is 2.36. The summed E-state index contributed by atoms with van der Waals surface area (Å²) in [5, 5.41) is 12.5. The number of ether oxygens (including phenoxy) is 1. The summed E-state index contributed by atoms with van der Waals surface area (Å²) in [4.78, 5) is 0. The van der Waals surface area contributed by atoms with Gasteiger partial charge in [-0.25, -0.2) is 0 Å². The van der Waals surface area contributed by atoms with E-state index in [0.29, 0.717) is 0 Å². The zero-order valence-corrected chi connectivity index (χ0v) is 10.6. The van der Waals surface area contributed by atoms with E-state index in [2.05, 4.69) is 27.3 Å². The fourth-order valence-corrected chi connectivity index (χ4v) is 2.18. The Bertz CT molecular complexity index is 404. The van der Waals surface area contributed by atoms with Gasteiger partial charge in [0.05, 0.1) is 12.2 Å². The maximum atomic E-state index is 9.19. The normalized spacial score (nSPS) is 27.9. The van der Waals surface area contributed by atoms with Crippen LogP contribution in [0.25, 0.3) is 0 Å². The van der Waals surface area contributed by atoms with Crippen molar-refractivity contribution >= 4 is 21.6 Å². The predicted molar refractivity (Wildman–Crippen MR) is 66.1 cm³/mol. The quantitative estimate of drug-likeness (QED) is 0.926. The Morgan fingerprint density at radius 3 is 2.56 bits per heavy atom. The first-order valence-electron chi connectivity index (χ1n) is 5.15. The first-order valence-corrected chi connectivity index (χ1v) is 5.94. The van der Waals surface area contributed by atoms with Crippen LogP contribution in [0.5, 0.6) is 0 Å². The molecule has 1 saturated carbocycles. The van der Waals surface area contributed by atoms with E-state index in [1.807, 2.05) is 24.3 Å². The third-order valence-corrected chi connectivity index (χ3v) is 3.46. The van der Waals surface area contributed by atoms with Crippen molar-refractivity contribution in [1.82, 2.24) is 0 Å². The monoisotopic (exact) mass is 280 g/mol. The van der Waals surface area contributed by atoms with Gasteiger partial charge in [-0.1, -0.05) is 15.9 Å². The van der Waals surface area contributed by atoms with Gasteiger partial charge in [0, 0.05) is 30.1 Å². The third-order valence-electron chi connectivity index (χ3n) is 2.93. The summed E-state index contributed by atoms with van der Waals surface area (Å²) < 4.78 is 6.24. The van der Waals surface area contributed by atoms with Crippen LogP contribution in [0.2, 0.25) is 0 Å². The molecule has 0 unspecified atom stereocenters. The minimum absolute atomic E-state index is 0.211. The highest BCUT2D eigenvalue weighted by atomic mass is 79.9. The molecule has 0 amide bonds. The fourth-order valence-electron chi connectivity index (χ4n) is 1.92. The van der Waals surface area contributed by atoms with Crippen molar-refractivity contribution < 1.29 is 4.74 Å². The van der Waals surface area contributed by atoms with Gasteiger partial charge in [0.25, 0.3) is 0 Å². The number of nitrogens with zero attached hydrogens (tertiary/aromatic N) is 1. The number of anilines is 1. The molecule has 0 bridgehead atoms. The first-order chi connectivity index (χ1) is 7.67. The van der Waals surface area contributed by atoms with Crippen LogP contribution in [0.15, 0.2) is 28.7 Å². The lowest BCUT2D eigenvalue weighted by molar-refractivity contribution is 0.0129. The molecule has 1 aromatic rings. The molecule has 1 aliphatic carbocycles. The molecule has 0 radical (unpaired) electrons. The number of nitrogens with one attached hydrogen (secondary N) is 1. The molecule has 0 aromatic heterocycles. The molecule has 1 N–H and O–H groups in total. The SMILES string of the molecule is COC1CC(C#N)(Nc2ccc(Br)cc2)C1. The summed E-state index contributed by atoms with van der Waals surface area (Å²) in [7, 11) is 1.69. The Hall–Kier alpha value is -1.05. The van der Waals surface area contributed by atoms with Crippen LogP contribution in [0, 0.1) is 11.3 Å². The molecular formula is C12H13BrN2O. The molecule has 84 valence electrons. The molecular weight excluding hydrogens is 268 g/mol.